The zero-order valence-corrected chi connectivity index (χ0v) is 11.0. The molecule has 0 saturated carbocycles. The molecule has 2 unspecified atom stereocenters. The summed E-state index contributed by atoms with van der Waals surface area (Å²) < 4.78 is 5.40. The van der Waals surface area contributed by atoms with Crippen LogP contribution in [-0.2, 0) is 0 Å². The molecule has 16 heavy (non-hydrogen) atoms. The van der Waals surface area contributed by atoms with Crippen molar-refractivity contribution in [3.05, 3.63) is 29.3 Å². The number of benzene rings is 1. The highest BCUT2D eigenvalue weighted by Gasteiger charge is 2.12. The van der Waals surface area contributed by atoms with Crippen LogP contribution in [0.1, 0.15) is 44.4 Å². The Hall–Kier alpha value is -1.02. The lowest BCUT2D eigenvalue weighted by Gasteiger charge is -2.21. The third-order valence-corrected chi connectivity index (χ3v) is 3.00. The molecule has 0 spiro atoms. The third kappa shape index (κ3) is 3.24. The summed E-state index contributed by atoms with van der Waals surface area (Å²) in [5.41, 5.74) is 2.51. The molecular weight excluding hydrogens is 198 g/mol. The maximum absolute atomic E-state index is 5.40. The first kappa shape index (κ1) is 13.0. The number of aryl methyl sites for hydroxylation is 1. The molecule has 0 saturated heterocycles. The van der Waals surface area contributed by atoms with E-state index in [1.165, 1.54) is 11.1 Å². The van der Waals surface area contributed by atoms with Gasteiger partial charge >= 0.3 is 0 Å². The molecule has 2 nitrogen and oxygen atoms in total. The highest BCUT2D eigenvalue weighted by atomic mass is 16.5. The highest BCUT2D eigenvalue weighted by Crippen LogP contribution is 2.26. The van der Waals surface area contributed by atoms with E-state index in [4.69, 9.17) is 4.74 Å². The number of nitrogens with one attached hydrogen (secondary N) is 1. The highest BCUT2D eigenvalue weighted by molar-refractivity contribution is 5.38. The Morgan fingerprint density at radius 1 is 1.31 bits per heavy atom. The molecule has 0 heterocycles. The van der Waals surface area contributed by atoms with Crippen LogP contribution in [0.15, 0.2) is 18.2 Å². The fraction of sp³-hybridized carbons (Fsp3) is 0.571. The lowest BCUT2D eigenvalue weighted by atomic mass is 10.0. The smallest absolute Gasteiger partial charge is 0.123 e. The van der Waals surface area contributed by atoms with E-state index in [0.29, 0.717) is 12.1 Å². The van der Waals surface area contributed by atoms with Gasteiger partial charge in [-0.05, 0) is 33.3 Å². The molecule has 0 bridgehead atoms. The van der Waals surface area contributed by atoms with Gasteiger partial charge in [0.25, 0.3) is 0 Å². The normalized spacial score (nSPS) is 14.6. The van der Waals surface area contributed by atoms with Gasteiger partial charge in [-0.25, -0.2) is 0 Å². The maximum Gasteiger partial charge on any atom is 0.123 e. The summed E-state index contributed by atoms with van der Waals surface area (Å²) in [6.07, 6.45) is 1.14. The van der Waals surface area contributed by atoms with Gasteiger partial charge < -0.3 is 10.1 Å². The first-order valence-corrected chi connectivity index (χ1v) is 5.99. The summed E-state index contributed by atoms with van der Waals surface area (Å²) in [7, 11) is 1.73. The summed E-state index contributed by atoms with van der Waals surface area (Å²) in [5.74, 6) is 0.967. The fourth-order valence-corrected chi connectivity index (χ4v) is 1.83. The first-order chi connectivity index (χ1) is 7.58. The number of ether oxygens (including phenoxy) is 1. The molecule has 1 rings (SSSR count). The van der Waals surface area contributed by atoms with E-state index in [0.717, 1.165) is 12.2 Å². The van der Waals surface area contributed by atoms with Crippen molar-refractivity contribution in [1.29, 1.82) is 0 Å². The molecule has 0 amide bonds. The zero-order chi connectivity index (χ0) is 12.1. The van der Waals surface area contributed by atoms with Crippen molar-refractivity contribution in [1.82, 2.24) is 5.32 Å². The minimum absolute atomic E-state index is 0.324. The zero-order valence-electron chi connectivity index (χ0n) is 11.0. The lowest BCUT2D eigenvalue weighted by molar-refractivity contribution is 0.394. The number of rotatable bonds is 5. The largest absolute Gasteiger partial charge is 0.496 e. The second kappa shape index (κ2) is 5.90. The van der Waals surface area contributed by atoms with Crippen LogP contribution in [0.3, 0.4) is 0 Å². The van der Waals surface area contributed by atoms with Crippen molar-refractivity contribution in [2.75, 3.05) is 7.11 Å². The van der Waals surface area contributed by atoms with E-state index < -0.39 is 0 Å². The van der Waals surface area contributed by atoms with Crippen LogP contribution >= 0.6 is 0 Å². The Labute approximate surface area is 99.0 Å². The molecular formula is C14H23NO. The van der Waals surface area contributed by atoms with Crippen LogP contribution < -0.4 is 10.1 Å². The van der Waals surface area contributed by atoms with Crippen LogP contribution in [0.5, 0.6) is 5.75 Å². The molecule has 1 aromatic rings. The molecule has 0 radical (unpaired) electrons. The second-order valence-corrected chi connectivity index (χ2v) is 4.44. The molecule has 0 fully saturated rings. The molecule has 2 heteroatoms. The van der Waals surface area contributed by atoms with Crippen molar-refractivity contribution >= 4 is 0 Å². The van der Waals surface area contributed by atoms with Gasteiger partial charge in [0.2, 0.25) is 0 Å². The molecule has 0 aliphatic rings. The van der Waals surface area contributed by atoms with Crippen LogP contribution in [0.2, 0.25) is 0 Å². The number of hydrogen-bond donors (Lipinski definition) is 1. The molecule has 0 aromatic heterocycles. The van der Waals surface area contributed by atoms with Crippen LogP contribution in [0.4, 0.5) is 0 Å². The molecule has 0 aliphatic carbocycles. The minimum atomic E-state index is 0.324. The standard InChI is InChI=1S/C14H23NO/c1-6-11(3)15-12(4)13-9-10(2)7-8-14(13)16-5/h7-9,11-12,15H,6H2,1-5H3. The molecule has 0 aliphatic heterocycles. The number of hydrogen-bond acceptors (Lipinski definition) is 2. The van der Waals surface area contributed by atoms with Crippen LogP contribution in [0.25, 0.3) is 0 Å². The van der Waals surface area contributed by atoms with Crippen molar-refractivity contribution in [2.24, 2.45) is 0 Å². The summed E-state index contributed by atoms with van der Waals surface area (Å²) in [4.78, 5) is 0. The Bertz CT molecular complexity index is 336. The van der Waals surface area contributed by atoms with Gasteiger partial charge in [0.15, 0.2) is 0 Å². The Kier molecular flexibility index (Phi) is 4.81. The molecule has 1 N–H and O–H groups in total. The Morgan fingerprint density at radius 2 is 2.00 bits per heavy atom. The summed E-state index contributed by atoms with van der Waals surface area (Å²) >= 11 is 0. The minimum Gasteiger partial charge on any atom is -0.496 e. The van der Waals surface area contributed by atoms with E-state index in [1.54, 1.807) is 7.11 Å². The predicted molar refractivity (Wildman–Crippen MR) is 69.0 cm³/mol. The van der Waals surface area contributed by atoms with Crippen molar-refractivity contribution in [3.63, 3.8) is 0 Å². The topological polar surface area (TPSA) is 21.3 Å². The Morgan fingerprint density at radius 3 is 2.56 bits per heavy atom. The maximum atomic E-state index is 5.40. The van der Waals surface area contributed by atoms with Gasteiger partial charge in [-0.15, -0.1) is 0 Å². The summed E-state index contributed by atoms with van der Waals surface area (Å²) in [6.45, 7) is 8.69. The predicted octanol–water partition coefficient (Wildman–Crippen LogP) is 3.45. The van der Waals surface area contributed by atoms with Gasteiger partial charge in [-0.1, -0.05) is 24.6 Å². The van der Waals surface area contributed by atoms with Crippen molar-refractivity contribution < 1.29 is 4.74 Å². The van der Waals surface area contributed by atoms with Crippen LogP contribution in [0, 0.1) is 6.92 Å². The van der Waals surface area contributed by atoms with Gasteiger partial charge in [0.05, 0.1) is 7.11 Å². The first-order valence-electron chi connectivity index (χ1n) is 5.99. The van der Waals surface area contributed by atoms with E-state index in [-0.39, 0.29) is 0 Å². The van der Waals surface area contributed by atoms with Crippen molar-refractivity contribution in [3.8, 4) is 5.75 Å². The van der Waals surface area contributed by atoms with E-state index in [9.17, 15) is 0 Å². The van der Waals surface area contributed by atoms with E-state index in [1.807, 2.05) is 6.07 Å². The summed E-state index contributed by atoms with van der Waals surface area (Å²) in [5, 5.41) is 3.57. The lowest BCUT2D eigenvalue weighted by Crippen LogP contribution is -2.28. The van der Waals surface area contributed by atoms with Crippen molar-refractivity contribution in [2.45, 2.75) is 46.2 Å². The van der Waals surface area contributed by atoms with Gasteiger partial charge in [-0.3, -0.25) is 0 Å². The monoisotopic (exact) mass is 221 g/mol. The third-order valence-electron chi connectivity index (χ3n) is 3.00. The second-order valence-electron chi connectivity index (χ2n) is 4.44. The molecule has 1 aromatic carbocycles. The van der Waals surface area contributed by atoms with Gasteiger partial charge in [0, 0.05) is 17.6 Å². The fourth-order valence-electron chi connectivity index (χ4n) is 1.83. The quantitative estimate of drug-likeness (QED) is 0.822. The molecule has 2 atom stereocenters. The summed E-state index contributed by atoms with van der Waals surface area (Å²) in [6, 6.07) is 7.17. The average molecular weight is 221 g/mol. The van der Waals surface area contributed by atoms with E-state index >= 15 is 0 Å². The average Bonchev–Trinajstić information content (AvgIpc) is 2.28. The van der Waals surface area contributed by atoms with Gasteiger partial charge in [-0.2, -0.15) is 0 Å². The molecule has 90 valence electrons. The van der Waals surface area contributed by atoms with Gasteiger partial charge in [0.1, 0.15) is 5.75 Å². The SMILES string of the molecule is CCC(C)NC(C)c1cc(C)ccc1OC. The van der Waals surface area contributed by atoms with E-state index in [2.05, 4.69) is 45.1 Å². The Balaban J connectivity index is 2.88. The number of methoxy groups -OCH3 is 1. The van der Waals surface area contributed by atoms with Crippen LogP contribution in [-0.4, -0.2) is 13.2 Å².